The van der Waals surface area contributed by atoms with E-state index in [1.165, 1.54) is 0 Å². The van der Waals surface area contributed by atoms with E-state index >= 15 is 0 Å². The third-order valence-corrected chi connectivity index (χ3v) is 14.3. The van der Waals surface area contributed by atoms with Crippen LogP contribution in [0.3, 0.4) is 0 Å². The second-order valence-electron chi connectivity index (χ2n) is 15.6. The van der Waals surface area contributed by atoms with E-state index in [0.717, 1.165) is 97.4 Å². The van der Waals surface area contributed by atoms with Gasteiger partial charge in [-0.3, -0.25) is 4.79 Å². The minimum absolute atomic E-state index is 0.0208. The molecule has 13 rings (SSSR count). The summed E-state index contributed by atoms with van der Waals surface area (Å²) in [4.78, 5) is 18.9. The Morgan fingerprint density at radius 1 is 0.500 bits per heavy atom. The number of hydrogen-bond donors (Lipinski definition) is 5. The molecular weight excluding hydrogens is 848 g/mol. The molecular formula is C50H29Br2N4O2+. The van der Waals surface area contributed by atoms with Crippen molar-refractivity contribution in [2.75, 3.05) is 16.0 Å². The van der Waals surface area contributed by atoms with Crippen LogP contribution in [0.15, 0.2) is 160 Å². The molecule has 58 heavy (non-hydrogen) atoms. The van der Waals surface area contributed by atoms with E-state index in [1.807, 2.05) is 24.3 Å². The van der Waals surface area contributed by atoms with Crippen molar-refractivity contribution in [2.24, 2.45) is 0 Å². The fourth-order valence-corrected chi connectivity index (χ4v) is 11.4. The first-order valence-electron chi connectivity index (χ1n) is 19.3. The van der Waals surface area contributed by atoms with Crippen LogP contribution in [-0.4, -0.2) is 10.9 Å². The lowest BCUT2D eigenvalue weighted by atomic mass is 9.79. The molecule has 5 aliphatic rings. The minimum atomic E-state index is -0.808. The maximum atomic E-state index is 15.0. The minimum Gasteiger partial charge on any atom is -0.506 e. The van der Waals surface area contributed by atoms with E-state index in [1.54, 1.807) is 0 Å². The molecule has 5 N–H and O–H groups in total. The van der Waals surface area contributed by atoms with Gasteiger partial charge in [0.25, 0.3) is 5.66 Å². The molecule has 0 amide bonds. The lowest BCUT2D eigenvalue weighted by Crippen LogP contribution is -2.93. The average molecular weight is 878 g/mol. The summed E-state index contributed by atoms with van der Waals surface area (Å²) in [7, 11) is 0. The Bertz CT molecular complexity index is 3370. The molecule has 0 bridgehead atoms. The average Bonchev–Trinajstić information content (AvgIpc) is 3.67. The number of hydrogen-bond acceptors (Lipinski definition) is 5. The van der Waals surface area contributed by atoms with Gasteiger partial charge in [-0.05, 0) is 64.7 Å². The summed E-state index contributed by atoms with van der Waals surface area (Å²) < 4.78 is 1.88. The number of ketones is 1. The number of rotatable bonds is 1. The molecule has 2 heterocycles. The Morgan fingerprint density at radius 3 is 1.62 bits per heavy atom. The Balaban J connectivity index is 1.08. The number of allylic oxidation sites excluding steroid dienone is 2. The van der Waals surface area contributed by atoms with Crippen molar-refractivity contribution in [3.05, 3.63) is 199 Å². The normalized spacial score (nSPS) is 17.5. The Hall–Kier alpha value is -6.48. The molecule has 0 atom stereocenters. The highest BCUT2D eigenvalue weighted by atomic mass is 79.9. The molecule has 0 fully saturated rings. The number of carbonyl (C=O) groups is 1. The van der Waals surface area contributed by atoms with Crippen LogP contribution in [0.25, 0.3) is 54.9 Å². The topological polar surface area (TPSA) is 87.4 Å². The first kappa shape index (κ1) is 32.6. The van der Waals surface area contributed by atoms with Gasteiger partial charge in [0.05, 0.1) is 44.3 Å². The first-order chi connectivity index (χ1) is 28.4. The van der Waals surface area contributed by atoms with Crippen LogP contribution in [-0.2, 0) is 16.1 Å². The second kappa shape index (κ2) is 11.1. The highest BCUT2D eigenvalue weighted by Gasteiger charge is 2.51. The largest absolute Gasteiger partial charge is 0.506 e. The van der Waals surface area contributed by atoms with Gasteiger partial charge >= 0.3 is 0 Å². The zero-order chi connectivity index (χ0) is 38.7. The number of aliphatic hydroxyl groups is 1. The molecule has 8 aromatic rings. The Kier molecular flexibility index (Phi) is 6.25. The van der Waals surface area contributed by atoms with Crippen LogP contribution in [0.4, 0.5) is 17.1 Å². The predicted molar refractivity (Wildman–Crippen MR) is 237 cm³/mol. The SMILES string of the molecule is O=C1C(c2ccc3c(Br)ccc4c3c2NC2(N4)c3ccccc3-c3ccccc32)=C(O)/C1=c1/ccc2c(Br)ccc3c2c1=[NH+]C1(N3)c2ccccc2-c2ccccc21. The summed E-state index contributed by atoms with van der Waals surface area (Å²) in [5.41, 5.74) is 11.3. The molecule has 6 nitrogen and oxygen atoms in total. The van der Waals surface area contributed by atoms with Gasteiger partial charge in [-0.1, -0.05) is 135 Å². The number of nitrogens with one attached hydrogen (secondary N) is 4. The van der Waals surface area contributed by atoms with E-state index in [-0.39, 0.29) is 11.5 Å². The van der Waals surface area contributed by atoms with E-state index in [4.69, 9.17) is 0 Å². The summed E-state index contributed by atoms with van der Waals surface area (Å²) in [5.74, 6) is -0.229. The van der Waals surface area contributed by atoms with Crippen molar-refractivity contribution >= 4 is 87.4 Å². The standard InChI is InChI=1S/C50H28Br2N4O2/c51-37-21-23-39-41-29(37)17-19-31(45(41)55-49(53-39)33-13-5-1-9-25(33)26-10-2-6-14-34(26)49)43-47(57)44(48(43)58)32-20-18-30-38(52)22-24-40-42(30)46(32)56-50(54-40)35-15-7-3-11-27(35)28-12-4-8-16-36(28)50/h1-24,53-55,57H/p+1/b44-32+. The predicted octanol–water partition coefficient (Wildman–Crippen LogP) is 8.95. The van der Waals surface area contributed by atoms with Crippen molar-refractivity contribution in [3.8, 4) is 22.3 Å². The zero-order valence-electron chi connectivity index (χ0n) is 30.5. The van der Waals surface area contributed by atoms with Gasteiger partial charge in [-0.25, -0.2) is 4.99 Å². The van der Waals surface area contributed by atoms with E-state index in [2.05, 4.69) is 174 Å². The summed E-state index contributed by atoms with van der Waals surface area (Å²) in [6.07, 6.45) is 0. The van der Waals surface area contributed by atoms with Crippen LogP contribution in [0.2, 0.25) is 0 Å². The van der Waals surface area contributed by atoms with Crippen LogP contribution in [0, 0.1) is 0 Å². The maximum absolute atomic E-state index is 15.0. The van der Waals surface area contributed by atoms with Crippen LogP contribution in [0.1, 0.15) is 27.8 Å². The van der Waals surface area contributed by atoms with E-state index < -0.39 is 11.3 Å². The number of benzene rings is 8. The van der Waals surface area contributed by atoms with Gasteiger partial charge in [0.1, 0.15) is 5.76 Å². The number of halogens is 2. The molecule has 2 aliphatic heterocycles. The van der Waals surface area contributed by atoms with E-state index in [0.29, 0.717) is 21.9 Å². The third-order valence-electron chi connectivity index (χ3n) is 12.9. The first-order valence-corrected chi connectivity index (χ1v) is 20.8. The number of carbonyl (C=O) groups excluding carboxylic acids is 1. The summed E-state index contributed by atoms with van der Waals surface area (Å²) in [6, 6.07) is 50.1. The third kappa shape index (κ3) is 3.87. The Labute approximate surface area is 348 Å². The fourth-order valence-electron chi connectivity index (χ4n) is 10.5. The lowest BCUT2D eigenvalue weighted by Gasteiger charge is -2.41. The summed E-state index contributed by atoms with van der Waals surface area (Å²) >= 11 is 7.59. The highest BCUT2D eigenvalue weighted by Crippen LogP contribution is 2.56. The van der Waals surface area contributed by atoms with Gasteiger partial charge in [0, 0.05) is 47.5 Å². The molecule has 8 heteroatoms. The van der Waals surface area contributed by atoms with Crippen molar-refractivity contribution in [1.82, 2.24) is 0 Å². The fraction of sp³-hybridized carbons (Fsp3) is 0.0400. The second-order valence-corrected chi connectivity index (χ2v) is 17.3. The van der Waals surface area contributed by atoms with Crippen molar-refractivity contribution in [2.45, 2.75) is 11.3 Å². The smallest absolute Gasteiger partial charge is 0.289 e. The molecule has 0 aromatic heterocycles. The number of Topliss-reactive ketones (excluding diaryl/α,β-unsaturated/α-hetero) is 1. The summed E-state index contributed by atoms with van der Waals surface area (Å²) in [6.45, 7) is 0. The molecule has 0 radical (unpaired) electrons. The number of anilines is 3. The highest BCUT2D eigenvalue weighted by molar-refractivity contribution is 9.11. The molecule has 0 saturated heterocycles. The lowest BCUT2D eigenvalue weighted by molar-refractivity contribution is -0.579. The molecule has 2 spiro atoms. The van der Waals surface area contributed by atoms with Crippen LogP contribution >= 0.6 is 31.9 Å². The molecule has 8 aromatic carbocycles. The van der Waals surface area contributed by atoms with Crippen molar-refractivity contribution in [1.29, 1.82) is 0 Å². The molecule has 0 unspecified atom stereocenters. The molecule has 274 valence electrons. The van der Waals surface area contributed by atoms with Gasteiger partial charge < -0.3 is 21.1 Å². The van der Waals surface area contributed by atoms with Gasteiger partial charge in [-0.15, -0.1) is 0 Å². The quantitative estimate of drug-likeness (QED) is 0.114. The van der Waals surface area contributed by atoms with Crippen LogP contribution < -0.4 is 31.5 Å². The van der Waals surface area contributed by atoms with Gasteiger partial charge in [0.2, 0.25) is 11.1 Å². The zero-order valence-corrected chi connectivity index (χ0v) is 33.6. The molecule has 0 saturated carbocycles. The maximum Gasteiger partial charge on any atom is 0.289 e. The monoisotopic (exact) mass is 875 g/mol. The number of aliphatic hydroxyl groups excluding tert-OH is 1. The Morgan fingerprint density at radius 2 is 1.02 bits per heavy atom. The number of fused-ring (bicyclic) bond motifs is 10. The molecule has 3 aliphatic carbocycles. The van der Waals surface area contributed by atoms with E-state index in [9.17, 15) is 9.90 Å². The van der Waals surface area contributed by atoms with Crippen LogP contribution in [0.5, 0.6) is 0 Å². The van der Waals surface area contributed by atoms with Gasteiger partial charge in [-0.2, -0.15) is 0 Å². The van der Waals surface area contributed by atoms with Crippen molar-refractivity contribution in [3.63, 3.8) is 0 Å². The van der Waals surface area contributed by atoms with Gasteiger partial charge in [0.15, 0.2) is 5.66 Å². The summed E-state index contributed by atoms with van der Waals surface area (Å²) in [5, 5.41) is 29.5. The van der Waals surface area contributed by atoms with Crippen molar-refractivity contribution < 1.29 is 14.9 Å².